The molecule has 0 atom stereocenters. The van der Waals surface area contributed by atoms with E-state index in [9.17, 15) is 0 Å². The van der Waals surface area contributed by atoms with Crippen molar-refractivity contribution >= 4 is 5.96 Å². The van der Waals surface area contributed by atoms with Crippen molar-refractivity contribution in [1.29, 1.82) is 0 Å². The molecule has 2 aromatic rings. The van der Waals surface area contributed by atoms with Gasteiger partial charge in [0, 0.05) is 58.4 Å². The number of pyridine rings is 1. The van der Waals surface area contributed by atoms with E-state index in [1.807, 2.05) is 31.0 Å². The van der Waals surface area contributed by atoms with Gasteiger partial charge in [0.15, 0.2) is 5.96 Å². The third kappa shape index (κ3) is 4.81. The van der Waals surface area contributed by atoms with E-state index in [0.29, 0.717) is 5.92 Å². The van der Waals surface area contributed by atoms with Crippen LogP contribution in [0.4, 0.5) is 0 Å². The highest BCUT2D eigenvalue weighted by Crippen LogP contribution is 2.18. The summed E-state index contributed by atoms with van der Waals surface area (Å²) in [5, 5.41) is 7.99. The van der Waals surface area contributed by atoms with Gasteiger partial charge in [-0.05, 0) is 24.0 Å². The molecule has 2 heterocycles. The SMILES string of the molecule is CN=C(NCCc1cccnc1)N(C)Cc1cn(C)nc1C(C)C. The first-order chi connectivity index (χ1) is 11.5. The fourth-order valence-corrected chi connectivity index (χ4v) is 2.74. The van der Waals surface area contributed by atoms with Gasteiger partial charge in [0.05, 0.1) is 5.69 Å². The summed E-state index contributed by atoms with van der Waals surface area (Å²) in [7, 11) is 5.84. The maximum atomic E-state index is 4.57. The van der Waals surface area contributed by atoms with E-state index in [-0.39, 0.29) is 0 Å². The minimum Gasteiger partial charge on any atom is -0.356 e. The van der Waals surface area contributed by atoms with Crippen LogP contribution in [0.5, 0.6) is 0 Å². The molecule has 0 unspecified atom stereocenters. The van der Waals surface area contributed by atoms with Gasteiger partial charge < -0.3 is 10.2 Å². The minimum absolute atomic E-state index is 0.412. The highest BCUT2D eigenvalue weighted by atomic mass is 15.3. The maximum Gasteiger partial charge on any atom is 0.193 e. The third-order valence-corrected chi connectivity index (χ3v) is 3.88. The molecule has 1 N–H and O–H groups in total. The zero-order valence-corrected chi connectivity index (χ0v) is 15.3. The van der Waals surface area contributed by atoms with Crippen molar-refractivity contribution in [3.63, 3.8) is 0 Å². The van der Waals surface area contributed by atoms with Gasteiger partial charge in [0.2, 0.25) is 0 Å². The van der Waals surface area contributed by atoms with Crippen molar-refractivity contribution < 1.29 is 0 Å². The summed E-state index contributed by atoms with van der Waals surface area (Å²) in [6.45, 7) is 5.96. The van der Waals surface area contributed by atoms with Crippen molar-refractivity contribution in [1.82, 2.24) is 25.0 Å². The molecular weight excluding hydrogens is 300 g/mol. The Morgan fingerprint density at radius 2 is 2.21 bits per heavy atom. The second kappa shape index (κ2) is 8.47. The summed E-state index contributed by atoms with van der Waals surface area (Å²) in [6.07, 6.45) is 6.71. The molecule has 0 aliphatic heterocycles. The topological polar surface area (TPSA) is 58.3 Å². The van der Waals surface area contributed by atoms with E-state index in [1.54, 1.807) is 6.20 Å². The number of nitrogens with one attached hydrogen (secondary N) is 1. The largest absolute Gasteiger partial charge is 0.356 e. The van der Waals surface area contributed by atoms with Gasteiger partial charge in [-0.2, -0.15) is 5.10 Å². The molecule has 2 rings (SSSR count). The van der Waals surface area contributed by atoms with E-state index in [4.69, 9.17) is 0 Å². The number of rotatable bonds is 6. The van der Waals surface area contributed by atoms with E-state index in [1.165, 1.54) is 11.1 Å². The van der Waals surface area contributed by atoms with Gasteiger partial charge in [0.25, 0.3) is 0 Å². The molecule has 0 fully saturated rings. The Hall–Kier alpha value is -2.37. The lowest BCUT2D eigenvalue weighted by atomic mass is 10.1. The predicted octanol–water partition coefficient (Wildman–Crippen LogP) is 2.19. The molecule has 0 radical (unpaired) electrons. The zero-order valence-electron chi connectivity index (χ0n) is 15.3. The third-order valence-electron chi connectivity index (χ3n) is 3.88. The quantitative estimate of drug-likeness (QED) is 0.652. The van der Waals surface area contributed by atoms with Crippen LogP contribution in [0.1, 0.15) is 36.6 Å². The molecular formula is C18H28N6. The molecule has 0 aromatic carbocycles. The lowest BCUT2D eigenvalue weighted by Crippen LogP contribution is -2.39. The van der Waals surface area contributed by atoms with E-state index < -0.39 is 0 Å². The Bertz CT molecular complexity index is 659. The second-order valence-electron chi connectivity index (χ2n) is 6.31. The zero-order chi connectivity index (χ0) is 17.5. The van der Waals surface area contributed by atoms with Gasteiger partial charge in [-0.15, -0.1) is 0 Å². The molecule has 2 aromatic heterocycles. The summed E-state index contributed by atoms with van der Waals surface area (Å²) in [5.41, 5.74) is 3.61. The second-order valence-corrected chi connectivity index (χ2v) is 6.31. The predicted molar refractivity (Wildman–Crippen MR) is 98.1 cm³/mol. The molecule has 0 saturated carbocycles. The van der Waals surface area contributed by atoms with Crippen LogP contribution in [0.15, 0.2) is 35.7 Å². The van der Waals surface area contributed by atoms with E-state index in [2.05, 4.69) is 58.5 Å². The van der Waals surface area contributed by atoms with Crippen LogP contribution in [0.3, 0.4) is 0 Å². The molecule has 0 aliphatic carbocycles. The molecule has 6 heteroatoms. The fraction of sp³-hybridized carbons (Fsp3) is 0.500. The van der Waals surface area contributed by atoms with Crippen LogP contribution < -0.4 is 5.32 Å². The van der Waals surface area contributed by atoms with Crippen LogP contribution in [0.2, 0.25) is 0 Å². The molecule has 0 saturated heterocycles. The van der Waals surface area contributed by atoms with E-state index in [0.717, 1.165) is 31.2 Å². The maximum absolute atomic E-state index is 4.57. The van der Waals surface area contributed by atoms with Crippen molar-refractivity contribution in [3.8, 4) is 0 Å². The van der Waals surface area contributed by atoms with Gasteiger partial charge in [-0.25, -0.2) is 0 Å². The molecule has 0 amide bonds. The first-order valence-electron chi connectivity index (χ1n) is 8.34. The van der Waals surface area contributed by atoms with Crippen molar-refractivity contribution in [2.45, 2.75) is 32.7 Å². The first-order valence-corrected chi connectivity index (χ1v) is 8.34. The standard InChI is InChI=1S/C18H28N6/c1-14(2)17-16(13-24(5)22-17)12-23(4)18(19-3)21-10-8-15-7-6-9-20-11-15/h6-7,9,11,13-14H,8,10,12H2,1-5H3,(H,19,21). The van der Waals surface area contributed by atoms with Gasteiger partial charge in [-0.1, -0.05) is 19.9 Å². The highest BCUT2D eigenvalue weighted by molar-refractivity contribution is 5.79. The summed E-state index contributed by atoms with van der Waals surface area (Å²) < 4.78 is 1.89. The summed E-state index contributed by atoms with van der Waals surface area (Å²) in [5.74, 6) is 1.30. The molecule has 6 nitrogen and oxygen atoms in total. The molecule has 0 bridgehead atoms. The summed E-state index contributed by atoms with van der Waals surface area (Å²) >= 11 is 0. The van der Waals surface area contributed by atoms with Gasteiger partial charge in [0.1, 0.15) is 0 Å². The molecule has 0 spiro atoms. The normalized spacial score (nSPS) is 11.8. The number of nitrogens with zero attached hydrogens (tertiary/aromatic N) is 5. The van der Waals surface area contributed by atoms with Gasteiger partial charge in [-0.3, -0.25) is 14.7 Å². The summed E-state index contributed by atoms with van der Waals surface area (Å²) in [4.78, 5) is 10.7. The number of aliphatic imine (C=N–C) groups is 1. The lowest BCUT2D eigenvalue weighted by Gasteiger charge is -2.22. The number of aryl methyl sites for hydroxylation is 1. The monoisotopic (exact) mass is 328 g/mol. The van der Waals surface area contributed by atoms with Crippen molar-refractivity contribution in [3.05, 3.63) is 47.5 Å². The van der Waals surface area contributed by atoms with Crippen LogP contribution in [-0.2, 0) is 20.0 Å². The fourth-order valence-electron chi connectivity index (χ4n) is 2.74. The number of guanidine groups is 1. The van der Waals surface area contributed by atoms with Crippen molar-refractivity contribution in [2.24, 2.45) is 12.0 Å². The first kappa shape index (κ1) is 18.0. The van der Waals surface area contributed by atoms with Crippen molar-refractivity contribution in [2.75, 3.05) is 20.6 Å². The minimum atomic E-state index is 0.412. The Morgan fingerprint density at radius 3 is 2.83 bits per heavy atom. The van der Waals surface area contributed by atoms with Crippen LogP contribution >= 0.6 is 0 Å². The summed E-state index contributed by atoms with van der Waals surface area (Å²) in [6, 6.07) is 4.05. The Balaban J connectivity index is 1.93. The average Bonchev–Trinajstić information content (AvgIpc) is 2.93. The number of hydrogen-bond donors (Lipinski definition) is 1. The van der Waals surface area contributed by atoms with E-state index >= 15 is 0 Å². The molecule has 24 heavy (non-hydrogen) atoms. The molecule has 0 aliphatic rings. The molecule has 130 valence electrons. The lowest BCUT2D eigenvalue weighted by molar-refractivity contribution is 0.474. The Kier molecular flexibility index (Phi) is 6.35. The Labute approximate surface area is 144 Å². The average molecular weight is 328 g/mol. The van der Waals surface area contributed by atoms with Crippen LogP contribution in [0.25, 0.3) is 0 Å². The Morgan fingerprint density at radius 1 is 1.42 bits per heavy atom. The van der Waals surface area contributed by atoms with Crippen LogP contribution in [0, 0.1) is 0 Å². The van der Waals surface area contributed by atoms with Crippen LogP contribution in [-0.4, -0.2) is 46.3 Å². The highest BCUT2D eigenvalue weighted by Gasteiger charge is 2.14. The van der Waals surface area contributed by atoms with Gasteiger partial charge >= 0.3 is 0 Å². The number of hydrogen-bond acceptors (Lipinski definition) is 3. The smallest absolute Gasteiger partial charge is 0.193 e. The number of aromatic nitrogens is 3.